The van der Waals surface area contributed by atoms with Gasteiger partial charge >= 0.3 is 5.97 Å². The molecule has 0 saturated heterocycles. The zero-order chi connectivity index (χ0) is 13.7. The summed E-state index contributed by atoms with van der Waals surface area (Å²) < 4.78 is 0. The molecule has 1 rings (SSSR count). The number of aromatic carboxylic acids is 1. The Balaban J connectivity index is 2.69. The molecular formula is C11H16N4O3. The summed E-state index contributed by atoms with van der Waals surface area (Å²) in [5.41, 5.74) is -0.105. The second-order valence-electron chi connectivity index (χ2n) is 3.96. The average molecular weight is 252 g/mol. The smallest absolute Gasteiger partial charge is 0.356 e. The Morgan fingerprint density at radius 3 is 2.56 bits per heavy atom. The van der Waals surface area contributed by atoms with Crippen molar-refractivity contribution in [2.75, 3.05) is 25.5 Å². The topological polar surface area (TPSA) is 95.4 Å². The SMILES string of the molecule is CNC(=O)C(C)CN(C)c1cnc(C(=O)O)cn1. The van der Waals surface area contributed by atoms with Crippen LogP contribution in [-0.4, -0.2) is 47.6 Å². The Morgan fingerprint density at radius 2 is 2.11 bits per heavy atom. The van der Waals surface area contributed by atoms with Gasteiger partial charge in [-0.2, -0.15) is 0 Å². The van der Waals surface area contributed by atoms with E-state index in [9.17, 15) is 9.59 Å². The molecule has 0 bridgehead atoms. The summed E-state index contributed by atoms with van der Waals surface area (Å²) in [5.74, 6) is -0.843. The molecule has 18 heavy (non-hydrogen) atoms. The highest BCUT2D eigenvalue weighted by atomic mass is 16.4. The molecule has 7 nitrogen and oxygen atoms in total. The Kier molecular flexibility index (Phi) is 4.59. The van der Waals surface area contributed by atoms with Gasteiger partial charge in [-0.15, -0.1) is 0 Å². The van der Waals surface area contributed by atoms with Gasteiger partial charge in [-0.05, 0) is 0 Å². The van der Waals surface area contributed by atoms with E-state index in [0.717, 1.165) is 0 Å². The standard InChI is InChI=1S/C11H16N4O3/c1-7(10(16)12-2)6-15(3)9-5-13-8(4-14-9)11(17)18/h4-5,7H,6H2,1-3H3,(H,12,16)(H,17,18). The second-order valence-corrected chi connectivity index (χ2v) is 3.96. The molecule has 1 amide bonds. The summed E-state index contributed by atoms with van der Waals surface area (Å²) in [6, 6.07) is 0. The summed E-state index contributed by atoms with van der Waals surface area (Å²) >= 11 is 0. The van der Waals surface area contributed by atoms with Crippen molar-refractivity contribution in [3.8, 4) is 0 Å². The molecule has 0 aliphatic carbocycles. The lowest BCUT2D eigenvalue weighted by Crippen LogP contribution is -2.34. The first kappa shape index (κ1) is 13.9. The summed E-state index contributed by atoms with van der Waals surface area (Å²) in [4.78, 5) is 31.5. The highest BCUT2D eigenvalue weighted by molar-refractivity contribution is 5.85. The molecule has 98 valence electrons. The number of nitrogens with one attached hydrogen (secondary N) is 1. The van der Waals surface area contributed by atoms with Gasteiger partial charge in [0.05, 0.1) is 18.3 Å². The number of aromatic nitrogens is 2. The fraction of sp³-hybridized carbons (Fsp3) is 0.455. The van der Waals surface area contributed by atoms with E-state index in [1.165, 1.54) is 12.4 Å². The number of carboxylic acids is 1. The van der Waals surface area contributed by atoms with Crippen LogP contribution in [0.4, 0.5) is 5.82 Å². The molecule has 1 atom stereocenters. The van der Waals surface area contributed by atoms with Crippen molar-refractivity contribution in [3.05, 3.63) is 18.1 Å². The fourth-order valence-electron chi connectivity index (χ4n) is 1.46. The maximum Gasteiger partial charge on any atom is 0.356 e. The molecule has 0 spiro atoms. The minimum atomic E-state index is -1.12. The third-order valence-corrected chi connectivity index (χ3v) is 2.49. The van der Waals surface area contributed by atoms with Crippen molar-refractivity contribution in [3.63, 3.8) is 0 Å². The third-order valence-electron chi connectivity index (χ3n) is 2.49. The molecule has 1 aromatic rings. The zero-order valence-corrected chi connectivity index (χ0v) is 10.5. The van der Waals surface area contributed by atoms with Crippen molar-refractivity contribution in [2.24, 2.45) is 5.92 Å². The van der Waals surface area contributed by atoms with E-state index in [-0.39, 0.29) is 17.5 Å². The number of carbonyl (C=O) groups excluding carboxylic acids is 1. The van der Waals surface area contributed by atoms with Crippen LogP contribution in [0.2, 0.25) is 0 Å². The van der Waals surface area contributed by atoms with Crippen LogP contribution in [0.25, 0.3) is 0 Å². The van der Waals surface area contributed by atoms with Crippen molar-refractivity contribution in [1.29, 1.82) is 0 Å². The van der Waals surface area contributed by atoms with E-state index in [1.807, 2.05) is 0 Å². The lowest BCUT2D eigenvalue weighted by Gasteiger charge is -2.21. The lowest BCUT2D eigenvalue weighted by molar-refractivity contribution is -0.123. The van der Waals surface area contributed by atoms with E-state index >= 15 is 0 Å². The number of carbonyl (C=O) groups is 2. The van der Waals surface area contributed by atoms with Crippen LogP contribution in [0.5, 0.6) is 0 Å². The quantitative estimate of drug-likeness (QED) is 0.765. The molecule has 0 fully saturated rings. The minimum absolute atomic E-state index is 0.0584. The molecule has 0 radical (unpaired) electrons. The Hall–Kier alpha value is -2.18. The Morgan fingerprint density at radius 1 is 1.44 bits per heavy atom. The van der Waals surface area contributed by atoms with Gasteiger partial charge in [0.15, 0.2) is 5.69 Å². The van der Waals surface area contributed by atoms with Crippen LogP contribution >= 0.6 is 0 Å². The molecule has 7 heteroatoms. The Labute approximate surface area is 105 Å². The van der Waals surface area contributed by atoms with Gasteiger partial charge in [0.2, 0.25) is 5.91 Å². The molecule has 1 heterocycles. The predicted molar refractivity (Wildman–Crippen MR) is 65.5 cm³/mol. The van der Waals surface area contributed by atoms with Crippen LogP contribution in [0.15, 0.2) is 12.4 Å². The van der Waals surface area contributed by atoms with Crippen LogP contribution in [0, 0.1) is 5.92 Å². The van der Waals surface area contributed by atoms with E-state index in [2.05, 4.69) is 15.3 Å². The summed E-state index contributed by atoms with van der Waals surface area (Å²) in [5, 5.41) is 11.3. The maximum atomic E-state index is 11.4. The molecule has 0 aromatic carbocycles. The molecule has 1 aromatic heterocycles. The highest BCUT2D eigenvalue weighted by Crippen LogP contribution is 2.09. The van der Waals surface area contributed by atoms with E-state index in [0.29, 0.717) is 12.4 Å². The maximum absolute atomic E-state index is 11.4. The molecule has 1 unspecified atom stereocenters. The monoisotopic (exact) mass is 252 g/mol. The van der Waals surface area contributed by atoms with E-state index in [4.69, 9.17) is 5.11 Å². The first-order chi connectivity index (χ1) is 8.45. The zero-order valence-electron chi connectivity index (χ0n) is 10.5. The average Bonchev–Trinajstić information content (AvgIpc) is 2.37. The lowest BCUT2D eigenvalue weighted by atomic mass is 10.1. The molecular weight excluding hydrogens is 236 g/mol. The summed E-state index contributed by atoms with van der Waals surface area (Å²) in [7, 11) is 3.35. The van der Waals surface area contributed by atoms with Crippen molar-refractivity contribution in [2.45, 2.75) is 6.92 Å². The predicted octanol–water partition coefficient (Wildman–Crippen LogP) is -0.00690. The van der Waals surface area contributed by atoms with Crippen LogP contribution < -0.4 is 10.2 Å². The van der Waals surface area contributed by atoms with Gasteiger partial charge in [0, 0.05) is 20.6 Å². The summed E-state index contributed by atoms with van der Waals surface area (Å²) in [6.45, 7) is 2.27. The van der Waals surface area contributed by atoms with Gasteiger partial charge in [-0.25, -0.2) is 14.8 Å². The number of amides is 1. The fourth-order valence-corrected chi connectivity index (χ4v) is 1.46. The molecule has 2 N–H and O–H groups in total. The normalized spacial score (nSPS) is 11.7. The van der Waals surface area contributed by atoms with Crippen LogP contribution in [0.3, 0.4) is 0 Å². The second kappa shape index (κ2) is 5.95. The van der Waals surface area contributed by atoms with Crippen molar-refractivity contribution >= 4 is 17.7 Å². The Bertz CT molecular complexity index is 432. The molecule has 0 saturated carbocycles. The number of hydrogen-bond donors (Lipinski definition) is 2. The van der Waals surface area contributed by atoms with Gasteiger partial charge in [0.25, 0.3) is 0 Å². The molecule has 0 aliphatic heterocycles. The molecule has 0 aliphatic rings. The number of anilines is 1. The highest BCUT2D eigenvalue weighted by Gasteiger charge is 2.15. The largest absolute Gasteiger partial charge is 0.476 e. The first-order valence-electron chi connectivity index (χ1n) is 5.43. The van der Waals surface area contributed by atoms with Gasteiger partial charge in [-0.3, -0.25) is 4.79 Å². The number of nitrogens with zero attached hydrogens (tertiary/aromatic N) is 3. The van der Waals surface area contributed by atoms with Crippen LogP contribution in [-0.2, 0) is 4.79 Å². The van der Waals surface area contributed by atoms with Gasteiger partial charge < -0.3 is 15.3 Å². The van der Waals surface area contributed by atoms with Gasteiger partial charge in [0.1, 0.15) is 5.82 Å². The summed E-state index contributed by atoms with van der Waals surface area (Å²) in [6.07, 6.45) is 2.57. The number of hydrogen-bond acceptors (Lipinski definition) is 5. The third kappa shape index (κ3) is 3.41. The number of rotatable bonds is 5. The van der Waals surface area contributed by atoms with Crippen molar-refractivity contribution < 1.29 is 14.7 Å². The van der Waals surface area contributed by atoms with E-state index < -0.39 is 5.97 Å². The minimum Gasteiger partial charge on any atom is -0.476 e. The van der Waals surface area contributed by atoms with Crippen LogP contribution in [0.1, 0.15) is 17.4 Å². The van der Waals surface area contributed by atoms with Gasteiger partial charge in [-0.1, -0.05) is 6.92 Å². The van der Waals surface area contributed by atoms with E-state index in [1.54, 1.807) is 25.9 Å². The number of carboxylic acid groups (broad SMARTS) is 1. The van der Waals surface area contributed by atoms with Crippen molar-refractivity contribution in [1.82, 2.24) is 15.3 Å². The first-order valence-corrected chi connectivity index (χ1v) is 5.43.